The minimum absolute atomic E-state index is 0.0308. The number of anilines is 1. The summed E-state index contributed by atoms with van der Waals surface area (Å²) >= 11 is 0. The molecule has 3 rings (SSSR count). The summed E-state index contributed by atoms with van der Waals surface area (Å²) in [5.41, 5.74) is 0.244. The quantitative estimate of drug-likeness (QED) is 0.822. The summed E-state index contributed by atoms with van der Waals surface area (Å²) in [5, 5.41) is 0. The number of likely N-dealkylation sites (tertiary alicyclic amines) is 1. The summed E-state index contributed by atoms with van der Waals surface area (Å²) in [6.07, 6.45) is -4.94. The van der Waals surface area contributed by atoms with E-state index in [0.717, 1.165) is 5.69 Å². The molecule has 1 aromatic carbocycles. The summed E-state index contributed by atoms with van der Waals surface area (Å²) in [4.78, 5) is 27.3. The summed E-state index contributed by atoms with van der Waals surface area (Å²) in [6.45, 7) is 1.04. The zero-order valence-electron chi connectivity index (χ0n) is 14.3. The van der Waals surface area contributed by atoms with Crippen LogP contribution in [-0.4, -0.2) is 54.7 Å². The van der Waals surface area contributed by atoms with E-state index in [9.17, 15) is 22.8 Å². The zero-order valence-corrected chi connectivity index (χ0v) is 14.3. The van der Waals surface area contributed by atoms with E-state index in [-0.39, 0.29) is 12.5 Å². The number of hydrogen-bond donors (Lipinski definition) is 0. The SMILES string of the molecule is O=C(CCC(F)(F)F)N1CCC2(CC1)CN(c1ccccc1)C(=O)CO2. The fourth-order valence-corrected chi connectivity index (χ4v) is 3.43. The number of rotatable bonds is 3. The van der Waals surface area contributed by atoms with Gasteiger partial charge in [0.1, 0.15) is 6.61 Å². The molecular formula is C18H21F3N2O3. The summed E-state index contributed by atoms with van der Waals surface area (Å²) < 4.78 is 42.6. The fraction of sp³-hybridized carbons (Fsp3) is 0.556. The van der Waals surface area contributed by atoms with Crippen LogP contribution in [0.15, 0.2) is 30.3 Å². The van der Waals surface area contributed by atoms with Gasteiger partial charge in [0.05, 0.1) is 18.6 Å². The Hall–Kier alpha value is -2.09. The molecule has 2 aliphatic rings. The van der Waals surface area contributed by atoms with Gasteiger partial charge in [0.15, 0.2) is 0 Å². The Morgan fingerprint density at radius 1 is 1.15 bits per heavy atom. The Morgan fingerprint density at radius 3 is 2.42 bits per heavy atom. The summed E-state index contributed by atoms with van der Waals surface area (Å²) in [6, 6.07) is 9.29. The number of benzene rings is 1. The summed E-state index contributed by atoms with van der Waals surface area (Å²) in [5.74, 6) is -0.602. The van der Waals surface area contributed by atoms with Gasteiger partial charge < -0.3 is 14.5 Å². The Morgan fingerprint density at radius 2 is 1.81 bits per heavy atom. The van der Waals surface area contributed by atoms with Crippen molar-refractivity contribution in [2.24, 2.45) is 0 Å². The van der Waals surface area contributed by atoms with E-state index < -0.39 is 30.5 Å². The van der Waals surface area contributed by atoms with E-state index in [0.29, 0.717) is 32.5 Å². The van der Waals surface area contributed by atoms with Gasteiger partial charge in [0.25, 0.3) is 5.91 Å². The molecule has 2 amide bonds. The predicted octanol–water partition coefficient (Wildman–Crippen LogP) is 2.75. The Labute approximate surface area is 149 Å². The summed E-state index contributed by atoms with van der Waals surface area (Å²) in [7, 11) is 0. The van der Waals surface area contributed by atoms with Crippen LogP contribution in [0, 0.1) is 0 Å². The van der Waals surface area contributed by atoms with E-state index in [1.165, 1.54) is 4.90 Å². The van der Waals surface area contributed by atoms with Crippen LogP contribution >= 0.6 is 0 Å². The van der Waals surface area contributed by atoms with E-state index in [1.54, 1.807) is 4.90 Å². The lowest BCUT2D eigenvalue weighted by molar-refractivity contribution is -0.156. The normalized spacial score (nSPS) is 20.5. The monoisotopic (exact) mass is 370 g/mol. The number of morpholine rings is 1. The van der Waals surface area contributed by atoms with Crippen molar-refractivity contribution in [1.82, 2.24) is 4.90 Å². The van der Waals surface area contributed by atoms with E-state index >= 15 is 0 Å². The van der Waals surface area contributed by atoms with Gasteiger partial charge in [-0.15, -0.1) is 0 Å². The predicted molar refractivity (Wildman–Crippen MR) is 88.6 cm³/mol. The molecule has 8 heteroatoms. The third kappa shape index (κ3) is 4.35. The van der Waals surface area contributed by atoms with Gasteiger partial charge in [-0.2, -0.15) is 13.2 Å². The molecule has 5 nitrogen and oxygen atoms in total. The molecule has 0 aliphatic carbocycles. The maximum absolute atomic E-state index is 12.3. The molecule has 0 atom stereocenters. The van der Waals surface area contributed by atoms with Crippen LogP contribution in [0.4, 0.5) is 18.9 Å². The molecule has 0 saturated carbocycles. The van der Waals surface area contributed by atoms with Gasteiger partial charge in [0.2, 0.25) is 5.91 Å². The molecule has 2 heterocycles. The van der Waals surface area contributed by atoms with Gasteiger partial charge >= 0.3 is 6.18 Å². The maximum Gasteiger partial charge on any atom is 0.389 e. The molecule has 0 N–H and O–H groups in total. The van der Waals surface area contributed by atoms with Crippen LogP contribution in [0.25, 0.3) is 0 Å². The van der Waals surface area contributed by atoms with Crippen LogP contribution in [0.1, 0.15) is 25.7 Å². The second kappa shape index (κ2) is 7.26. The van der Waals surface area contributed by atoms with Gasteiger partial charge in [-0.25, -0.2) is 0 Å². The standard InChI is InChI=1S/C18H21F3N2O3/c19-18(20,21)7-6-15(24)22-10-8-17(9-11-22)13-23(16(25)12-26-17)14-4-2-1-3-5-14/h1-5H,6-13H2. The van der Waals surface area contributed by atoms with Crippen LogP contribution in [0.2, 0.25) is 0 Å². The highest BCUT2D eigenvalue weighted by Crippen LogP contribution is 2.33. The first kappa shape index (κ1) is 18.7. The van der Waals surface area contributed by atoms with Crippen LogP contribution in [0.3, 0.4) is 0 Å². The number of ether oxygens (including phenoxy) is 1. The first-order valence-corrected chi connectivity index (χ1v) is 8.62. The van der Waals surface area contributed by atoms with Crippen molar-refractivity contribution in [3.63, 3.8) is 0 Å². The maximum atomic E-state index is 12.3. The number of carbonyl (C=O) groups excluding carboxylic acids is 2. The largest absolute Gasteiger partial charge is 0.389 e. The topological polar surface area (TPSA) is 49.9 Å². The molecule has 0 aromatic heterocycles. The molecule has 0 radical (unpaired) electrons. The Balaban J connectivity index is 1.59. The van der Waals surface area contributed by atoms with Crippen molar-refractivity contribution in [3.05, 3.63) is 30.3 Å². The molecule has 0 bridgehead atoms. The number of nitrogens with zero attached hydrogens (tertiary/aromatic N) is 2. The molecule has 26 heavy (non-hydrogen) atoms. The molecule has 0 unspecified atom stereocenters. The van der Waals surface area contributed by atoms with E-state index in [4.69, 9.17) is 4.74 Å². The molecule has 2 saturated heterocycles. The number of hydrogen-bond acceptors (Lipinski definition) is 3. The van der Waals surface area contributed by atoms with Crippen molar-refractivity contribution in [1.29, 1.82) is 0 Å². The Kier molecular flexibility index (Phi) is 5.22. The van der Waals surface area contributed by atoms with Crippen molar-refractivity contribution in [2.45, 2.75) is 37.5 Å². The van der Waals surface area contributed by atoms with Gasteiger partial charge in [0, 0.05) is 25.2 Å². The number of amides is 2. The first-order valence-electron chi connectivity index (χ1n) is 8.62. The molecular weight excluding hydrogens is 349 g/mol. The highest BCUT2D eigenvalue weighted by Gasteiger charge is 2.43. The average Bonchev–Trinajstić information content (AvgIpc) is 2.63. The molecule has 2 fully saturated rings. The van der Waals surface area contributed by atoms with Crippen molar-refractivity contribution in [2.75, 3.05) is 31.1 Å². The molecule has 142 valence electrons. The highest BCUT2D eigenvalue weighted by molar-refractivity contribution is 5.95. The molecule has 2 aliphatic heterocycles. The van der Waals surface area contributed by atoms with Crippen molar-refractivity contribution >= 4 is 17.5 Å². The van der Waals surface area contributed by atoms with Gasteiger partial charge in [-0.3, -0.25) is 9.59 Å². The molecule has 1 spiro atoms. The van der Waals surface area contributed by atoms with E-state index in [2.05, 4.69) is 0 Å². The third-order valence-corrected chi connectivity index (χ3v) is 4.97. The number of halogens is 3. The third-order valence-electron chi connectivity index (χ3n) is 4.97. The van der Waals surface area contributed by atoms with Crippen LogP contribution in [-0.2, 0) is 14.3 Å². The average molecular weight is 370 g/mol. The minimum Gasteiger partial charge on any atom is -0.363 e. The lowest BCUT2D eigenvalue weighted by atomic mass is 9.88. The smallest absolute Gasteiger partial charge is 0.363 e. The molecule has 1 aromatic rings. The van der Waals surface area contributed by atoms with E-state index in [1.807, 2.05) is 30.3 Å². The Bertz CT molecular complexity index is 655. The zero-order chi connectivity index (χ0) is 18.8. The highest BCUT2D eigenvalue weighted by atomic mass is 19.4. The van der Waals surface area contributed by atoms with Gasteiger partial charge in [-0.05, 0) is 25.0 Å². The number of alkyl halides is 3. The second-order valence-electron chi connectivity index (χ2n) is 6.78. The lowest BCUT2D eigenvalue weighted by Crippen LogP contribution is -2.59. The first-order chi connectivity index (χ1) is 12.3. The van der Waals surface area contributed by atoms with Crippen molar-refractivity contribution < 1.29 is 27.5 Å². The number of carbonyl (C=O) groups is 2. The van der Waals surface area contributed by atoms with Crippen molar-refractivity contribution in [3.8, 4) is 0 Å². The van der Waals surface area contributed by atoms with Crippen LogP contribution in [0.5, 0.6) is 0 Å². The van der Waals surface area contributed by atoms with Crippen LogP contribution < -0.4 is 4.90 Å². The minimum atomic E-state index is -4.32. The lowest BCUT2D eigenvalue weighted by Gasteiger charge is -2.47. The number of piperidine rings is 1. The van der Waals surface area contributed by atoms with Gasteiger partial charge in [-0.1, -0.05) is 18.2 Å². The fourth-order valence-electron chi connectivity index (χ4n) is 3.43. The second-order valence-corrected chi connectivity index (χ2v) is 6.78. The number of para-hydroxylation sites is 1.